The van der Waals surface area contributed by atoms with Crippen molar-refractivity contribution in [2.45, 2.75) is 5.41 Å². The van der Waals surface area contributed by atoms with Gasteiger partial charge in [0.15, 0.2) is 0 Å². The zero-order valence-corrected chi connectivity index (χ0v) is 35.0. The number of fused-ring (bicyclic) bond motifs is 19. The molecule has 2 aliphatic rings. The van der Waals surface area contributed by atoms with Crippen LogP contribution in [0, 0.1) is 0 Å². The predicted molar refractivity (Wildman–Crippen MR) is 268 cm³/mol. The van der Waals surface area contributed by atoms with Crippen LogP contribution in [0.4, 0.5) is 17.1 Å². The Morgan fingerprint density at radius 3 is 1.48 bits per heavy atom. The number of hydrogen-bond acceptors (Lipinski definition) is 2. The first kappa shape index (κ1) is 34.9. The second-order valence-corrected chi connectivity index (χ2v) is 18.1. The van der Waals surface area contributed by atoms with E-state index in [0.29, 0.717) is 0 Å². The molecular formula is C61H37NS. The number of nitrogens with zero attached hydrogens (tertiary/aromatic N) is 1. The molecule has 11 aromatic carbocycles. The Kier molecular flexibility index (Phi) is 7.26. The molecular weight excluding hydrogens is 779 g/mol. The maximum atomic E-state index is 2.52. The summed E-state index contributed by atoms with van der Waals surface area (Å²) in [6.07, 6.45) is 0. The maximum Gasteiger partial charge on any atom is 0.0726 e. The summed E-state index contributed by atoms with van der Waals surface area (Å²) in [6, 6.07) is 84.1. The van der Waals surface area contributed by atoms with Crippen molar-refractivity contribution in [3.8, 4) is 33.4 Å². The number of anilines is 3. The zero-order chi connectivity index (χ0) is 41.2. The fraction of sp³-hybridized carbons (Fsp3) is 0.0164. The van der Waals surface area contributed by atoms with Gasteiger partial charge in [-0.15, -0.1) is 11.3 Å². The molecule has 292 valence electrons. The van der Waals surface area contributed by atoms with Gasteiger partial charge in [-0.05, 0) is 119 Å². The Morgan fingerprint density at radius 2 is 0.794 bits per heavy atom. The minimum Gasteiger partial charge on any atom is -0.310 e. The lowest BCUT2D eigenvalue weighted by atomic mass is 9.70. The summed E-state index contributed by atoms with van der Waals surface area (Å²) < 4.78 is 2.65. The van der Waals surface area contributed by atoms with E-state index in [0.717, 1.165) is 11.4 Å². The van der Waals surface area contributed by atoms with Crippen LogP contribution in [-0.4, -0.2) is 0 Å². The Labute approximate surface area is 369 Å². The van der Waals surface area contributed by atoms with Gasteiger partial charge in [0, 0.05) is 37.1 Å². The van der Waals surface area contributed by atoms with E-state index in [4.69, 9.17) is 0 Å². The zero-order valence-electron chi connectivity index (χ0n) is 34.2. The Morgan fingerprint density at radius 1 is 0.317 bits per heavy atom. The third-order valence-corrected chi connectivity index (χ3v) is 15.3. The van der Waals surface area contributed by atoms with Crippen molar-refractivity contribution >= 4 is 80.9 Å². The van der Waals surface area contributed by atoms with Gasteiger partial charge in [-0.2, -0.15) is 0 Å². The van der Waals surface area contributed by atoms with Crippen molar-refractivity contribution in [2.75, 3.05) is 4.90 Å². The van der Waals surface area contributed by atoms with Crippen molar-refractivity contribution in [1.29, 1.82) is 0 Å². The average Bonchev–Trinajstić information content (AvgIpc) is 3.99. The first-order valence-electron chi connectivity index (χ1n) is 21.8. The number of hydrogen-bond donors (Lipinski definition) is 0. The van der Waals surface area contributed by atoms with Crippen LogP contribution in [0.1, 0.15) is 22.3 Å². The van der Waals surface area contributed by atoms with Gasteiger partial charge >= 0.3 is 0 Å². The van der Waals surface area contributed by atoms with Gasteiger partial charge in [0.25, 0.3) is 0 Å². The predicted octanol–water partition coefficient (Wildman–Crippen LogP) is 17.0. The first-order chi connectivity index (χ1) is 31.3. The lowest BCUT2D eigenvalue weighted by molar-refractivity contribution is 0.794. The van der Waals surface area contributed by atoms with E-state index in [9.17, 15) is 0 Å². The van der Waals surface area contributed by atoms with Crippen molar-refractivity contribution < 1.29 is 0 Å². The standard InChI is InChI=1S/C61H37NS/c1-2-17-44-42(15-1)43-16-3-4-18-45(43)52-37-40(35-36-46(44)52)62(39-33-31-38(32-34-39)41-23-13-24-50-49-21-8-12-30-58(49)63-60(41)50)57-29-14-28-56-59(57)51-22-7-11-27-55(51)61(56)53-25-9-5-19-47(53)48-20-6-10-26-54(48)61/h1-37H. The average molecular weight is 816 g/mol. The quantitative estimate of drug-likeness (QED) is 0.160. The molecule has 14 rings (SSSR count). The third-order valence-electron chi connectivity index (χ3n) is 14.1. The lowest BCUT2D eigenvalue weighted by Crippen LogP contribution is -2.26. The molecule has 0 atom stereocenters. The normalized spacial score (nSPS) is 13.2. The van der Waals surface area contributed by atoms with Crippen molar-refractivity contribution in [3.63, 3.8) is 0 Å². The molecule has 2 aliphatic carbocycles. The highest BCUT2D eigenvalue weighted by Crippen LogP contribution is 2.64. The number of benzene rings is 11. The van der Waals surface area contributed by atoms with E-state index in [1.807, 2.05) is 11.3 Å². The molecule has 63 heavy (non-hydrogen) atoms. The highest BCUT2D eigenvalue weighted by atomic mass is 32.1. The van der Waals surface area contributed by atoms with Gasteiger partial charge in [0.05, 0.1) is 11.1 Å². The van der Waals surface area contributed by atoms with E-state index >= 15 is 0 Å². The number of thiophene rings is 1. The van der Waals surface area contributed by atoms with E-state index in [-0.39, 0.29) is 0 Å². The molecule has 0 unspecified atom stereocenters. The topological polar surface area (TPSA) is 3.24 Å². The molecule has 0 fully saturated rings. The van der Waals surface area contributed by atoms with E-state index < -0.39 is 5.41 Å². The minimum atomic E-state index is -0.438. The van der Waals surface area contributed by atoms with Crippen LogP contribution >= 0.6 is 11.3 Å². The summed E-state index contributed by atoms with van der Waals surface area (Å²) in [7, 11) is 0. The molecule has 0 amide bonds. The Balaban J connectivity index is 1.04. The lowest BCUT2D eigenvalue weighted by Gasteiger charge is -2.32. The largest absolute Gasteiger partial charge is 0.310 e. The molecule has 2 heteroatoms. The molecule has 12 aromatic rings. The van der Waals surface area contributed by atoms with Gasteiger partial charge < -0.3 is 4.90 Å². The third kappa shape index (κ3) is 4.71. The van der Waals surface area contributed by atoms with E-state index in [1.54, 1.807) is 0 Å². The molecule has 0 N–H and O–H groups in total. The van der Waals surface area contributed by atoms with Gasteiger partial charge in [0.2, 0.25) is 0 Å². The second-order valence-electron chi connectivity index (χ2n) is 17.1. The van der Waals surface area contributed by atoms with Crippen LogP contribution in [0.25, 0.3) is 85.9 Å². The fourth-order valence-electron chi connectivity index (χ4n) is 11.5. The summed E-state index contributed by atoms with van der Waals surface area (Å²) in [6.45, 7) is 0. The smallest absolute Gasteiger partial charge is 0.0726 e. The van der Waals surface area contributed by atoms with Crippen LogP contribution in [0.2, 0.25) is 0 Å². The molecule has 0 saturated heterocycles. The van der Waals surface area contributed by atoms with Gasteiger partial charge in [-0.1, -0.05) is 188 Å². The minimum absolute atomic E-state index is 0.438. The van der Waals surface area contributed by atoms with Crippen LogP contribution in [0.5, 0.6) is 0 Å². The van der Waals surface area contributed by atoms with Gasteiger partial charge in [-0.3, -0.25) is 0 Å². The van der Waals surface area contributed by atoms with Crippen LogP contribution in [0.3, 0.4) is 0 Å². The molecule has 0 saturated carbocycles. The molecule has 1 nitrogen and oxygen atoms in total. The molecule has 0 bridgehead atoms. The van der Waals surface area contributed by atoms with Crippen molar-refractivity contribution in [2.24, 2.45) is 0 Å². The molecule has 1 spiro atoms. The fourth-order valence-corrected chi connectivity index (χ4v) is 12.8. The highest BCUT2D eigenvalue weighted by Gasteiger charge is 2.52. The number of rotatable bonds is 4. The monoisotopic (exact) mass is 815 g/mol. The van der Waals surface area contributed by atoms with Crippen molar-refractivity contribution in [3.05, 3.63) is 247 Å². The summed E-state index contributed by atoms with van der Waals surface area (Å²) in [5.74, 6) is 0. The SMILES string of the molecule is c1ccc2c(c1)-c1ccccc1C21c2ccccc2-c2c(N(c3ccc(-c4cccc5c4sc4ccccc45)cc3)c3ccc4c5ccccc5c5ccccc5c4c3)cccc21. The molecule has 0 aliphatic heterocycles. The van der Waals surface area contributed by atoms with Gasteiger partial charge in [0.1, 0.15) is 0 Å². The summed E-state index contributed by atoms with van der Waals surface area (Å²) in [5, 5.41) is 10.3. The maximum absolute atomic E-state index is 2.52. The molecule has 1 heterocycles. The Bertz CT molecular complexity index is 3790. The van der Waals surface area contributed by atoms with Crippen molar-refractivity contribution in [1.82, 2.24) is 0 Å². The van der Waals surface area contributed by atoms with E-state index in [1.165, 1.54) is 114 Å². The molecule has 1 aromatic heterocycles. The van der Waals surface area contributed by atoms with Crippen LogP contribution in [-0.2, 0) is 5.41 Å². The van der Waals surface area contributed by atoms with Crippen LogP contribution < -0.4 is 4.90 Å². The first-order valence-corrected chi connectivity index (χ1v) is 22.7. The molecule has 0 radical (unpaired) electrons. The summed E-state index contributed by atoms with van der Waals surface area (Å²) >= 11 is 1.89. The second kappa shape index (κ2) is 13.1. The van der Waals surface area contributed by atoms with Gasteiger partial charge in [-0.25, -0.2) is 0 Å². The Hall–Kier alpha value is -7.78. The highest BCUT2D eigenvalue weighted by molar-refractivity contribution is 7.26. The van der Waals surface area contributed by atoms with Crippen LogP contribution in [0.15, 0.2) is 224 Å². The summed E-state index contributed by atoms with van der Waals surface area (Å²) in [4.78, 5) is 2.52. The van der Waals surface area contributed by atoms with E-state index in [2.05, 4.69) is 229 Å². The summed E-state index contributed by atoms with van der Waals surface area (Å²) in [5.41, 5.74) is 16.0.